The zero-order valence-electron chi connectivity index (χ0n) is 24.0. The second-order valence-corrected chi connectivity index (χ2v) is 11.9. The molecule has 0 bridgehead atoms. The molecule has 5 nitrogen and oxygen atoms in total. The van der Waals surface area contributed by atoms with Gasteiger partial charge in [0.05, 0.1) is 6.10 Å². The second kappa shape index (κ2) is 21.3. The van der Waals surface area contributed by atoms with Gasteiger partial charge in [0.25, 0.3) is 0 Å². The van der Waals surface area contributed by atoms with E-state index in [1.54, 1.807) is 0 Å². The van der Waals surface area contributed by atoms with Gasteiger partial charge in [0.2, 0.25) is 0 Å². The molecule has 1 saturated heterocycles. The Kier molecular flexibility index (Phi) is 18.5. The van der Waals surface area contributed by atoms with Crippen LogP contribution in [0.15, 0.2) is 48.6 Å². The summed E-state index contributed by atoms with van der Waals surface area (Å²) in [5, 5.41) is 31.1. The average molecular weight is 561 g/mol. The highest BCUT2D eigenvalue weighted by atomic mass is 32.2. The van der Waals surface area contributed by atoms with Gasteiger partial charge in [-0.1, -0.05) is 113 Å². The van der Waals surface area contributed by atoms with Crippen LogP contribution in [0.1, 0.15) is 109 Å². The Morgan fingerprint density at radius 3 is 2.08 bits per heavy atom. The molecule has 5 atom stereocenters. The van der Waals surface area contributed by atoms with Gasteiger partial charge in [0, 0.05) is 18.6 Å². The number of benzene rings is 1. The normalized spacial score (nSPS) is 23.6. The number of Topliss-reactive ketones (excluding diaryl/α,β-unsaturated/α-hetero) is 1. The van der Waals surface area contributed by atoms with E-state index < -0.39 is 29.9 Å². The van der Waals surface area contributed by atoms with Crippen LogP contribution in [0.4, 0.5) is 0 Å². The van der Waals surface area contributed by atoms with E-state index in [4.69, 9.17) is 4.74 Å². The van der Waals surface area contributed by atoms with E-state index in [0.717, 1.165) is 31.2 Å². The molecule has 0 saturated carbocycles. The monoisotopic (exact) mass is 560 g/mol. The third-order valence-electron chi connectivity index (χ3n) is 7.28. The maximum atomic E-state index is 12.5. The lowest BCUT2D eigenvalue weighted by atomic mass is 9.95. The lowest BCUT2D eigenvalue weighted by molar-refractivity contribution is -0.199. The van der Waals surface area contributed by atoms with Crippen LogP contribution in [0, 0.1) is 0 Å². The number of aliphatic hydroxyl groups is 3. The van der Waals surface area contributed by atoms with Gasteiger partial charge in [0.1, 0.15) is 29.5 Å². The first-order chi connectivity index (χ1) is 19.0. The van der Waals surface area contributed by atoms with E-state index in [9.17, 15) is 20.1 Å². The Morgan fingerprint density at radius 2 is 1.41 bits per heavy atom. The van der Waals surface area contributed by atoms with Gasteiger partial charge < -0.3 is 20.1 Å². The van der Waals surface area contributed by atoms with Crippen molar-refractivity contribution in [3.8, 4) is 0 Å². The zero-order valence-corrected chi connectivity index (χ0v) is 24.8. The van der Waals surface area contributed by atoms with E-state index in [1.807, 2.05) is 42.5 Å². The number of rotatable bonds is 21. The Morgan fingerprint density at radius 1 is 0.795 bits per heavy atom. The van der Waals surface area contributed by atoms with Crippen LogP contribution in [0.5, 0.6) is 0 Å². The van der Waals surface area contributed by atoms with Crippen LogP contribution in [-0.4, -0.2) is 56.7 Å². The summed E-state index contributed by atoms with van der Waals surface area (Å²) in [5.41, 5.74) is 0.388. The Bertz CT molecular complexity index is 812. The number of aliphatic hydroxyl groups excluding tert-OH is 3. The summed E-state index contributed by atoms with van der Waals surface area (Å²) in [6, 6.07) is 9.91. The molecule has 0 aromatic heterocycles. The molecule has 2 rings (SSSR count). The smallest absolute Gasteiger partial charge is 0.135 e. The van der Waals surface area contributed by atoms with Crippen LogP contribution < -0.4 is 0 Å². The second-order valence-electron chi connectivity index (χ2n) is 10.7. The van der Waals surface area contributed by atoms with Crippen molar-refractivity contribution in [3.63, 3.8) is 0 Å². The average Bonchev–Trinajstić information content (AvgIpc) is 2.94. The molecule has 1 aliphatic heterocycles. The summed E-state index contributed by atoms with van der Waals surface area (Å²) >= 11 is 1.35. The van der Waals surface area contributed by atoms with Crippen LogP contribution in [0.3, 0.4) is 0 Å². The van der Waals surface area contributed by atoms with E-state index >= 15 is 0 Å². The molecule has 0 spiro atoms. The minimum atomic E-state index is -1.33. The van der Waals surface area contributed by atoms with Gasteiger partial charge in [-0.05, 0) is 37.7 Å². The summed E-state index contributed by atoms with van der Waals surface area (Å²) in [6.07, 6.45) is 20.3. The topological polar surface area (TPSA) is 87.0 Å². The number of unbranched alkanes of at least 4 members (excludes halogenated alkanes) is 11. The molecule has 0 aliphatic carbocycles. The van der Waals surface area contributed by atoms with Crippen LogP contribution >= 0.6 is 11.8 Å². The SMILES string of the molecule is CCCCCCCC/C=C/CCCCCCCC(=O)CC1OC(SC/C=C/c2ccccc2)C(O)C(O)C1O. The lowest BCUT2D eigenvalue weighted by Crippen LogP contribution is -2.56. The molecule has 0 radical (unpaired) electrons. The highest BCUT2D eigenvalue weighted by Gasteiger charge is 2.44. The quantitative estimate of drug-likeness (QED) is 0.109. The van der Waals surface area contributed by atoms with E-state index in [-0.39, 0.29) is 12.2 Å². The molecular weight excluding hydrogens is 508 g/mol. The first kappa shape index (κ1) is 33.8. The number of hydrogen-bond acceptors (Lipinski definition) is 6. The summed E-state index contributed by atoms with van der Waals surface area (Å²) in [6.45, 7) is 2.25. The molecule has 1 aromatic rings. The largest absolute Gasteiger partial charge is 0.388 e. The number of ether oxygens (including phenoxy) is 1. The van der Waals surface area contributed by atoms with Crippen LogP contribution in [-0.2, 0) is 9.53 Å². The minimum Gasteiger partial charge on any atom is -0.388 e. The highest BCUT2D eigenvalue weighted by molar-refractivity contribution is 7.99. The molecule has 0 amide bonds. The molecule has 3 N–H and O–H groups in total. The van der Waals surface area contributed by atoms with Gasteiger partial charge >= 0.3 is 0 Å². The van der Waals surface area contributed by atoms with Crippen molar-refractivity contribution >= 4 is 23.6 Å². The molecule has 1 fully saturated rings. The number of carbonyl (C=O) groups excluding carboxylic acids is 1. The summed E-state index contributed by atoms with van der Waals surface area (Å²) in [4.78, 5) is 12.5. The summed E-state index contributed by atoms with van der Waals surface area (Å²) < 4.78 is 5.87. The van der Waals surface area contributed by atoms with E-state index in [0.29, 0.717) is 12.2 Å². The van der Waals surface area contributed by atoms with Gasteiger partial charge in [-0.2, -0.15) is 0 Å². The molecule has 1 aliphatic rings. The summed E-state index contributed by atoms with van der Waals surface area (Å²) in [7, 11) is 0. The first-order valence-electron chi connectivity index (χ1n) is 15.2. The van der Waals surface area contributed by atoms with E-state index in [1.165, 1.54) is 69.5 Å². The van der Waals surface area contributed by atoms with Crippen molar-refractivity contribution < 1.29 is 24.9 Å². The van der Waals surface area contributed by atoms with E-state index in [2.05, 4.69) is 19.1 Å². The van der Waals surface area contributed by atoms with Crippen molar-refractivity contribution in [1.82, 2.24) is 0 Å². The predicted octanol–water partition coefficient (Wildman–Crippen LogP) is 7.24. The molecule has 5 unspecified atom stereocenters. The molecule has 6 heteroatoms. The van der Waals surface area contributed by atoms with Crippen LogP contribution in [0.25, 0.3) is 6.08 Å². The molecule has 39 heavy (non-hydrogen) atoms. The molecular formula is C33H52O5S. The third kappa shape index (κ3) is 14.7. The number of carbonyl (C=O) groups is 1. The van der Waals surface area contributed by atoms with Gasteiger partial charge in [-0.15, -0.1) is 11.8 Å². The fraction of sp³-hybridized carbons (Fsp3) is 0.667. The zero-order chi connectivity index (χ0) is 28.1. The Hall–Kier alpha value is -1.44. The third-order valence-corrected chi connectivity index (χ3v) is 8.38. The maximum Gasteiger partial charge on any atom is 0.135 e. The fourth-order valence-electron chi connectivity index (χ4n) is 4.84. The highest BCUT2D eigenvalue weighted by Crippen LogP contribution is 2.30. The van der Waals surface area contributed by atoms with Gasteiger partial charge in [0.15, 0.2) is 0 Å². The molecule has 1 aromatic carbocycles. The van der Waals surface area contributed by atoms with Gasteiger partial charge in [-0.3, -0.25) is 4.79 Å². The minimum absolute atomic E-state index is 0.0352. The number of allylic oxidation sites excluding steroid dienone is 2. The van der Waals surface area contributed by atoms with Gasteiger partial charge in [-0.25, -0.2) is 0 Å². The van der Waals surface area contributed by atoms with Crippen molar-refractivity contribution in [2.24, 2.45) is 0 Å². The predicted molar refractivity (Wildman–Crippen MR) is 164 cm³/mol. The summed E-state index contributed by atoms with van der Waals surface area (Å²) in [5.74, 6) is 0.614. The number of ketones is 1. The standard InChI is InChI=1S/C33H52O5S/c1-2-3-4-5-6-7-8-9-10-11-12-13-14-15-19-24-28(34)26-29-30(35)31(36)32(37)33(38-29)39-25-20-23-27-21-17-16-18-22-27/h9-10,16-18,20-23,29-33,35-37H,2-8,11-15,19,24-26H2,1H3/b10-9+,23-20+. The fourth-order valence-corrected chi connectivity index (χ4v) is 5.82. The molecule has 1 heterocycles. The first-order valence-corrected chi connectivity index (χ1v) is 16.3. The van der Waals surface area contributed by atoms with Crippen molar-refractivity contribution in [1.29, 1.82) is 0 Å². The number of thioether (sulfide) groups is 1. The Labute approximate surface area is 241 Å². The number of hydrogen-bond donors (Lipinski definition) is 3. The van der Waals surface area contributed by atoms with Crippen LogP contribution in [0.2, 0.25) is 0 Å². The van der Waals surface area contributed by atoms with Crippen molar-refractivity contribution in [3.05, 3.63) is 54.1 Å². The van der Waals surface area contributed by atoms with Crippen molar-refractivity contribution in [2.45, 2.75) is 133 Å². The maximum absolute atomic E-state index is 12.5. The Balaban J connectivity index is 1.55. The lowest BCUT2D eigenvalue weighted by Gasteiger charge is -2.40. The van der Waals surface area contributed by atoms with Crippen molar-refractivity contribution in [2.75, 3.05) is 5.75 Å². The molecule has 220 valence electrons.